The molecule has 6 heteroatoms. The van der Waals surface area contributed by atoms with Crippen molar-refractivity contribution in [1.29, 1.82) is 5.26 Å². The van der Waals surface area contributed by atoms with E-state index in [-0.39, 0.29) is 5.91 Å². The first-order valence-corrected chi connectivity index (χ1v) is 10.6. The van der Waals surface area contributed by atoms with Gasteiger partial charge in [0.05, 0.1) is 11.6 Å². The lowest BCUT2D eigenvalue weighted by Crippen LogP contribution is -2.54. The van der Waals surface area contributed by atoms with E-state index >= 15 is 0 Å². The zero-order valence-electron chi connectivity index (χ0n) is 18.0. The standard InChI is InChI=1S/C26H24N4O2/c1-25(20-9-4-3-5-10-20)16-26(23(31)30(2)24(28)29-26)21-14-19(11-12-22(21)32-25)18-8-6-7-17(13-18)15-27/h3-14,24,29H,16,28H2,1-2H3. The molecule has 0 aliphatic carbocycles. The number of carbonyl (C=O) groups is 1. The Hall–Kier alpha value is -3.66. The van der Waals surface area contributed by atoms with Crippen molar-refractivity contribution < 1.29 is 9.53 Å². The molecule has 1 saturated heterocycles. The van der Waals surface area contributed by atoms with E-state index in [4.69, 9.17) is 10.5 Å². The summed E-state index contributed by atoms with van der Waals surface area (Å²) in [7, 11) is 1.71. The lowest BCUT2D eigenvalue weighted by molar-refractivity contribution is -0.135. The molecule has 3 atom stereocenters. The largest absolute Gasteiger partial charge is 0.482 e. The van der Waals surface area contributed by atoms with E-state index in [0.717, 1.165) is 22.3 Å². The van der Waals surface area contributed by atoms with Gasteiger partial charge in [0.2, 0.25) is 5.91 Å². The molecule has 3 unspecified atom stereocenters. The molecule has 32 heavy (non-hydrogen) atoms. The monoisotopic (exact) mass is 424 g/mol. The molecule has 2 aliphatic heterocycles. The average molecular weight is 425 g/mol. The van der Waals surface area contributed by atoms with Crippen LogP contribution >= 0.6 is 0 Å². The molecule has 160 valence electrons. The highest BCUT2D eigenvalue weighted by Crippen LogP contribution is 2.51. The van der Waals surface area contributed by atoms with Crippen LogP contribution in [0.25, 0.3) is 11.1 Å². The first-order chi connectivity index (χ1) is 15.4. The van der Waals surface area contributed by atoms with Crippen LogP contribution in [0.2, 0.25) is 0 Å². The average Bonchev–Trinajstić information content (AvgIpc) is 3.03. The van der Waals surface area contributed by atoms with Gasteiger partial charge in [0, 0.05) is 19.0 Å². The molecule has 1 amide bonds. The lowest BCUT2D eigenvalue weighted by atomic mass is 9.73. The number of nitrogens with zero attached hydrogens (tertiary/aromatic N) is 2. The number of nitrogens with one attached hydrogen (secondary N) is 1. The van der Waals surface area contributed by atoms with Gasteiger partial charge in [-0.25, -0.2) is 0 Å². The van der Waals surface area contributed by atoms with Gasteiger partial charge in [-0.2, -0.15) is 5.26 Å². The normalized spacial score (nSPS) is 26.5. The quantitative estimate of drug-likeness (QED) is 0.658. The number of nitriles is 1. The second kappa shape index (κ2) is 7.20. The molecule has 1 fully saturated rings. The summed E-state index contributed by atoms with van der Waals surface area (Å²) < 4.78 is 6.54. The smallest absolute Gasteiger partial charge is 0.249 e. The van der Waals surface area contributed by atoms with Crippen molar-refractivity contribution in [3.05, 3.63) is 89.5 Å². The summed E-state index contributed by atoms with van der Waals surface area (Å²) in [5, 5.41) is 12.7. The Morgan fingerprint density at radius 3 is 2.53 bits per heavy atom. The number of fused-ring (bicyclic) bond motifs is 2. The summed E-state index contributed by atoms with van der Waals surface area (Å²) in [4.78, 5) is 15.2. The van der Waals surface area contributed by atoms with Crippen LogP contribution in [0.1, 0.15) is 30.0 Å². The van der Waals surface area contributed by atoms with Crippen molar-refractivity contribution in [1.82, 2.24) is 10.2 Å². The molecule has 0 aromatic heterocycles. The number of ether oxygens (including phenoxy) is 1. The molecule has 2 heterocycles. The van der Waals surface area contributed by atoms with Crippen molar-refractivity contribution in [2.24, 2.45) is 5.73 Å². The first kappa shape index (κ1) is 20.3. The van der Waals surface area contributed by atoms with E-state index in [2.05, 4.69) is 11.4 Å². The van der Waals surface area contributed by atoms with Crippen LogP contribution in [0, 0.1) is 11.3 Å². The summed E-state index contributed by atoms with van der Waals surface area (Å²) in [6.45, 7) is 2.01. The molecule has 0 saturated carbocycles. The number of benzene rings is 3. The maximum absolute atomic E-state index is 13.6. The van der Waals surface area contributed by atoms with E-state index in [1.54, 1.807) is 18.0 Å². The van der Waals surface area contributed by atoms with Crippen molar-refractivity contribution in [3.8, 4) is 22.9 Å². The van der Waals surface area contributed by atoms with Crippen molar-refractivity contribution in [2.45, 2.75) is 30.8 Å². The highest BCUT2D eigenvalue weighted by Gasteiger charge is 2.58. The van der Waals surface area contributed by atoms with Crippen LogP contribution in [-0.2, 0) is 15.9 Å². The van der Waals surface area contributed by atoms with Gasteiger partial charge in [-0.1, -0.05) is 48.5 Å². The Balaban J connectivity index is 1.69. The summed E-state index contributed by atoms with van der Waals surface area (Å²) in [6, 6.07) is 25.4. The first-order valence-electron chi connectivity index (χ1n) is 10.6. The Kier molecular flexibility index (Phi) is 4.55. The number of carbonyl (C=O) groups excluding carboxylic acids is 1. The third kappa shape index (κ3) is 2.98. The number of amides is 1. The molecule has 2 aliphatic rings. The fourth-order valence-corrected chi connectivity index (χ4v) is 4.89. The van der Waals surface area contributed by atoms with E-state index < -0.39 is 17.4 Å². The van der Waals surface area contributed by atoms with Gasteiger partial charge in [0.1, 0.15) is 23.2 Å². The number of hydrogen-bond acceptors (Lipinski definition) is 5. The maximum Gasteiger partial charge on any atom is 0.249 e. The molecule has 0 radical (unpaired) electrons. The zero-order valence-corrected chi connectivity index (χ0v) is 18.0. The van der Waals surface area contributed by atoms with Crippen molar-refractivity contribution in [3.63, 3.8) is 0 Å². The molecule has 3 aromatic rings. The van der Waals surface area contributed by atoms with Crippen LogP contribution in [0.5, 0.6) is 5.75 Å². The van der Waals surface area contributed by atoms with Gasteiger partial charge >= 0.3 is 0 Å². The van der Waals surface area contributed by atoms with Gasteiger partial charge in [-0.15, -0.1) is 0 Å². The van der Waals surface area contributed by atoms with E-state index in [1.165, 1.54) is 0 Å². The minimum atomic E-state index is -1.02. The highest BCUT2D eigenvalue weighted by molar-refractivity contribution is 5.92. The SMILES string of the molecule is CN1C(=O)C2(CC(C)(c3ccccc3)Oc3ccc(-c4cccc(C#N)c4)cc32)NC1N. The lowest BCUT2D eigenvalue weighted by Gasteiger charge is -2.45. The minimum absolute atomic E-state index is 0.0837. The molecular formula is C26H24N4O2. The van der Waals surface area contributed by atoms with Gasteiger partial charge in [-0.05, 0) is 47.9 Å². The minimum Gasteiger partial charge on any atom is -0.482 e. The Labute approximate surface area is 187 Å². The zero-order chi connectivity index (χ0) is 22.5. The van der Waals surface area contributed by atoms with Gasteiger partial charge in [-0.3, -0.25) is 15.8 Å². The summed E-state index contributed by atoms with van der Waals surface area (Å²) in [6.07, 6.45) is -0.200. The number of nitrogens with two attached hydrogens (primary N) is 1. The summed E-state index contributed by atoms with van der Waals surface area (Å²) >= 11 is 0. The van der Waals surface area contributed by atoms with Crippen LogP contribution in [0.4, 0.5) is 0 Å². The molecule has 6 nitrogen and oxygen atoms in total. The van der Waals surface area contributed by atoms with Crippen LogP contribution in [0.3, 0.4) is 0 Å². The highest BCUT2D eigenvalue weighted by atomic mass is 16.5. The Morgan fingerprint density at radius 2 is 1.84 bits per heavy atom. The van der Waals surface area contributed by atoms with Crippen LogP contribution < -0.4 is 15.8 Å². The second-order valence-electron chi connectivity index (χ2n) is 8.69. The predicted molar refractivity (Wildman–Crippen MR) is 121 cm³/mol. The third-order valence-corrected chi connectivity index (χ3v) is 6.58. The van der Waals surface area contributed by atoms with E-state index in [1.807, 2.05) is 73.7 Å². The predicted octanol–water partition coefficient (Wildman–Crippen LogP) is 3.42. The summed E-state index contributed by atoms with van der Waals surface area (Å²) in [5.74, 6) is 0.561. The van der Waals surface area contributed by atoms with Crippen molar-refractivity contribution in [2.75, 3.05) is 7.05 Å². The fraction of sp³-hybridized carbons (Fsp3) is 0.231. The second-order valence-corrected chi connectivity index (χ2v) is 8.69. The number of likely N-dealkylation sites (N-methyl/N-ethyl adjacent to an activating group) is 1. The topological polar surface area (TPSA) is 91.4 Å². The molecule has 3 aromatic carbocycles. The fourth-order valence-electron chi connectivity index (χ4n) is 4.89. The summed E-state index contributed by atoms with van der Waals surface area (Å²) in [5.41, 5.74) is 8.67. The van der Waals surface area contributed by atoms with Crippen LogP contribution in [0.15, 0.2) is 72.8 Å². The molecule has 5 rings (SSSR count). The van der Waals surface area contributed by atoms with Gasteiger partial charge in [0.25, 0.3) is 0 Å². The maximum atomic E-state index is 13.6. The number of hydrogen-bond donors (Lipinski definition) is 2. The van der Waals surface area contributed by atoms with Crippen molar-refractivity contribution >= 4 is 5.91 Å². The molecule has 1 spiro atoms. The Bertz CT molecular complexity index is 1250. The molecule has 3 N–H and O–H groups in total. The molecule has 0 bridgehead atoms. The number of rotatable bonds is 2. The van der Waals surface area contributed by atoms with Gasteiger partial charge < -0.3 is 9.64 Å². The Morgan fingerprint density at radius 1 is 1.09 bits per heavy atom. The van der Waals surface area contributed by atoms with E-state index in [0.29, 0.717) is 17.7 Å². The third-order valence-electron chi connectivity index (χ3n) is 6.58. The van der Waals surface area contributed by atoms with E-state index in [9.17, 15) is 10.1 Å². The van der Waals surface area contributed by atoms with Crippen LogP contribution in [-0.4, -0.2) is 24.1 Å². The molecular weight excluding hydrogens is 400 g/mol. The van der Waals surface area contributed by atoms with Gasteiger partial charge in [0.15, 0.2) is 0 Å².